The van der Waals surface area contributed by atoms with Gasteiger partial charge in [-0.1, -0.05) is 38.4 Å². The SMILES string of the molecule is COc1cccc(C2Cn3nnc(-c4nc(-c5ccc(Br)cc5)no4)c3CO2)c1. The third kappa shape index (κ3) is 3.43. The van der Waals surface area contributed by atoms with Gasteiger partial charge in [0.05, 0.1) is 26.0 Å². The molecule has 1 aliphatic rings. The van der Waals surface area contributed by atoms with Crippen LogP contribution in [0.4, 0.5) is 0 Å². The first-order valence-corrected chi connectivity index (χ1v) is 9.78. The van der Waals surface area contributed by atoms with Crippen molar-refractivity contribution in [1.29, 1.82) is 0 Å². The predicted octanol–water partition coefficient (Wildman–Crippen LogP) is 4.04. The van der Waals surface area contributed by atoms with Crippen molar-refractivity contribution < 1.29 is 14.0 Å². The molecule has 29 heavy (non-hydrogen) atoms. The second-order valence-electron chi connectivity index (χ2n) is 6.57. The molecule has 0 aliphatic carbocycles. The molecule has 1 aliphatic heterocycles. The van der Waals surface area contributed by atoms with Crippen LogP contribution in [0.25, 0.3) is 23.0 Å². The summed E-state index contributed by atoms with van der Waals surface area (Å²) in [4.78, 5) is 4.48. The topological polar surface area (TPSA) is 88.1 Å². The zero-order valence-corrected chi connectivity index (χ0v) is 17.0. The van der Waals surface area contributed by atoms with Crippen LogP contribution in [0.1, 0.15) is 17.4 Å². The molecule has 1 atom stereocenters. The monoisotopic (exact) mass is 453 g/mol. The number of methoxy groups -OCH3 is 1. The largest absolute Gasteiger partial charge is 0.497 e. The smallest absolute Gasteiger partial charge is 0.280 e. The maximum atomic E-state index is 6.06. The van der Waals surface area contributed by atoms with Crippen molar-refractivity contribution in [2.24, 2.45) is 0 Å². The van der Waals surface area contributed by atoms with Gasteiger partial charge < -0.3 is 14.0 Å². The fourth-order valence-electron chi connectivity index (χ4n) is 3.26. The predicted molar refractivity (Wildman–Crippen MR) is 107 cm³/mol. The van der Waals surface area contributed by atoms with Crippen molar-refractivity contribution in [3.8, 4) is 28.7 Å². The lowest BCUT2D eigenvalue weighted by molar-refractivity contribution is -0.00127. The molecule has 5 rings (SSSR count). The Morgan fingerprint density at radius 2 is 2.03 bits per heavy atom. The highest BCUT2D eigenvalue weighted by Crippen LogP contribution is 2.32. The maximum Gasteiger partial charge on any atom is 0.280 e. The van der Waals surface area contributed by atoms with E-state index in [1.807, 2.05) is 53.2 Å². The Morgan fingerprint density at radius 3 is 2.86 bits per heavy atom. The van der Waals surface area contributed by atoms with Crippen LogP contribution in [0.15, 0.2) is 57.5 Å². The Balaban J connectivity index is 1.40. The summed E-state index contributed by atoms with van der Waals surface area (Å²) in [6.07, 6.45) is -0.131. The molecule has 1 unspecified atom stereocenters. The number of hydrogen-bond donors (Lipinski definition) is 0. The van der Waals surface area contributed by atoms with Gasteiger partial charge in [0.25, 0.3) is 5.89 Å². The van der Waals surface area contributed by atoms with Gasteiger partial charge >= 0.3 is 0 Å². The zero-order chi connectivity index (χ0) is 19.8. The third-order valence-corrected chi connectivity index (χ3v) is 5.32. The van der Waals surface area contributed by atoms with Crippen LogP contribution >= 0.6 is 15.9 Å². The standard InChI is InChI=1S/C20H16BrN5O3/c1-27-15-4-2-3-13(9-15)17-10-26-16(11-28-17)18(23-25-26)20-22-19(24-29-20)12-5-7-14(21)8-6-12/h2-9,17H,10-11H2,1H3. The summed E-state index contributed by atoms with van der Waals surface area (Å²) >= 11 is 3.42. The normalized spacial score (nSPS) is 15.9. The van der Waals surface area contributed by atoms with E-state index in [2.05, 4.69) is 36.4 Å². The van der Waals surface area contributed by atoms with E-state index < -0.39 is 0 Å². The molecule has 0 fully saturated rings. The number of halogens is 1. The Morgan fingerprint density at radius 1 is 1.17 bits per heavy atom. The minimum Gasteiger partial charge on any atom is -0.497 e. The molecule has 2 aromatic heterocycles. The molecule has 0 spiro atoms. The summed E-state index contributed by atoms with van der Waals surface area (Å²) in [5.41, 5.74) is 3.25. The summed E-state index contributed by atoms with van der Waals surface area (Å²) in [6, 6.07) is 15.5. The minimum atomic E-state index is -0.131. The van der Waals surface area contributed by atoms with Crippen LogP contribution in [-0.2, 0) is 17.9 Å². The van der Waals surface area contributed by atoms with Gasteiger partial charge in [0.1, 0.15) is 11.9 Å². The number of ether oxygens (including phenoxy) is 2. The summed E-state index contributed by atoms with van der Waals surface area (Å²) in [5.74, 6) is 1.62. The zero-order valence-electron chi connectivity index (χ0n) is 15.4. The van der Waals surface area contributed by atoms with Crippen molar-refractivity contribution in [2.75, 3.05) is 7.11 Å². The van der Waals surface area contributed by atoms with Crippen molar-refractivity contribution in [2.45, 2.75) is 19.3 Å². The summed E-state index contributed by atoms with van der Waals surface area (Å²) in [6.45, 7) is 0.892. The maximum absolute atomic E-state index is 6.06. The molecule has 146 valence electrons. The molecular weight excluding hydrogens is 438 g/mol. The number of fused-ring (bicyclic) bond motifs is 1. The quantitative estimate of drug-likeness (QED) is 0.460. The highest BCUT2D eigenvalue weighted by Gasteiger charge is 2.28. The molecule has 8 nitrogen and oxygen atoms in total. The fourth-order valence-corrected chi connectivity index (χ4v) is 3.52. The van der Waals surface area contributed by atoms with Gasteiger partial charge in [-0.05, 0) is 42.0 Å². The highest BCUT2D eigenvalue weighted by atomic mass is 79.9. The lowest BCUT2D eigenvalue weighted by atomic mass is 10.1. The Bertz CT molecular complexity index is 1160. The van der Waals surface area contributed by atoms with Crippen molar-refractivity contribution in [1.82, 2.24) is 25.1 Å². The first-order chi connectivity index (χ1) is 14.2. The average molecular weight is 454 g/mol. The van der Waals surface area contributed by atoms with Gasteiger partial charge in [-0.2, -0.15) is 4.98 Å². The van der Waals surface area contributed by atoms with Gasteiger partial charge in [0, 0.05) is 10.0 Å². The van der Waals surface area contributed by atoms with Crippen LogP contribution in [0, 0.1) is 0 Å². The molecule has 0 N–H and O–H groups in total. The number of benzene rings is 2. The molecular formula is C20H16BrN5O3. The van der Waals surface area contributed by atoms with Gasteiger partial charge in [-0.15, -0.1) is 5.10 Å². The third-order valence-electron chi connectivity index (χ3n) is 4.79. The van der Waals surface area contributed by atoms with Crippen LogP contribution in [0.2, 0.25) is 0 Å². The molecule has 0 saturated heterocycles. The Labute approximate surface area is 174 Å². The van der Waals surface area contributed by atoms with E-state index in [0.29, 0.717) is 30.6 Å². The Hall–Kier alpha value is -3.04. The first-order valence-electron chi connectivity index (χ1n) is 8.99. The van der Waals surface area contributed by atoms with Crippen LogP contribution in [-0.4, -0.2) is 32.2 Å². The number of rotatable bonds is 4. The van der Waals surface area contributed by atoms with Crippen molar-refractivity contribution in [3.05, 3.63) is 64.3 Å². The molecule has 0 amide bonds. The Kier molecular flexibility index (Phi) is 4.61. The van der Waals surface area contributed by atoms with E-state index in [0.717, 1.165) is 27.0 Å². The van der Waals surface area contributed by atoms with E-state index >= 15 is 0 Å². The van der Waals surface area contributed by atoms with Gasteiger partial charge in [0.15, 0.2) is 5.69 Å². The second kappa shape index (κ2) is 7.41. The number of hydrogen-bond acceptors (Lipinski definition) is 7. The molecule has 0 radical (unpaired) electrons. The van der Waals surface area contributed by atoms with Gasteiger partial charge in [-0.3, -0.25) is 0 Å². The fraction of sp³-hybridized carbons (Fsp3) is 0.200. The molecule has 9 heteroatoms. The van der Waals surface area contributed by atoms with E-state index in [1.54, 1.807) is 7.11 Å². The van der Waals surface area contributed by atoms with Crippen LogP contribution in [0.3, 0.4) is 0 Å². The van der Waals surface area contributed by atoms with Gasteiger partial charge in [0.2, 0.25) is 5.82 Å². The molecule has 0 saturated carbocycles. The average Bonchev–Trinajstić information content (AvgIpc) is 3.41. The van der Waals surface area contributed by atoms with E-state index in [1.165, 1.54) is 0 Å². The van der Waals surface area contributed by atoms with Crippen LogP contribution < -0.4 is 4.74 Å². The van der Waals surface area contributed by atoms with E-state index in [4.69, 9.17) is 14.0 Å². The van der Waals surface area contributed by atoms with E-state index in [9.17, 15) is 0 Å². The van der Waals surface area contributed by atoms with Crippen molar-refractivity contribution in [3.63, 3.8) is 0 Å². The first kappa shape index (κ1) is 18.0. The van der Waals surface area contributed by atoms with Gasteiger partial charge in [-0.25, -0.2) is 4.68 Å². The summed E-state index contributed by atoms with van der Waals surface area (Å²) in [5, 5.41) is 12.6. The summed E-state index contributed by atoms with van der Waals surface area (Å²) < 4.78 is 19.6. The van der Waals surface area contributed by atoms with Crippen molar-refractivity contribution >= 4 is 15.9 Å². The second-order valence-corrected chi connectivity index (χ2v) is 7.49. The lowest BCUT2D eigenvalue weighted by Gasteiger charge is -2.24. The van der Waals surface area contributed by atoms with Crippen LogP contribution in [0.5, 0.6) is 5.75 Å². The highest BCUT2D eigenvalue weighted by molar-refractivity contribution is 9.10. The molecule has 4 aromatic rings. The molecule has 3 heterocycles. The molecule has 0 bridgehead atoms. The number of nitrogens with zero attached hydrogens (tertiary/aromatic N) is 5. The summed E-state index contributed by atoms with van der Waals surface area (Å²) in [7, 11) is 1.65. The minimum absolute atomic E-state index is 0.131. The van der Waals surface area contributed by atoms with E-state index in [-0.39, 0.29) is 6.10 Å². The number of aromatic nitrogens is 5. The molecule has 2 aromatic carbocycles. The lowest BCUT2D eigenvalue weighted by Crippen LogP contribution is -2.22.